The van der Waals surface area contributed by atoms with E-state index < -0.39 is 6.09 Å². The zero-order valence-electron chi connectivity index (χ0n) is 11.2. The summed E-state index contributed by atoms with van der Waals surface area (Å²) in [5, 5.41) is 15.6. The minimum atomic E-state index is -0.527. The van der Waals surface area contributed by atoms with Crippen LogP contribution in [0.4, 0.5) is 10.5 Å². The van der Waals surface area contributed by atoms with Crippen LogP contribution < -0.4 is 5.32 Å². The fourth-order valence-corrected chi connectivity index (χ4v) is 1.73. The number of benzene rings is 1. The van der Waals surface area contributed by atoms with Crippen LogP contribution in [0.3, 0.4) is 0 Å². The second-order valence-electron chi connectivity index (χ2n) is 4.30. The minimum absolute atomic E-state index is 0.000979. The van der Waals surface area contributed by atoms with Gasteiger partial charge in [-0.1, -0.05) is 30.3 Å². The topological polar surface area (TPSA) is 76.4 Å². The number of carbonyl (C=O) groups excluding carboxylic acids is 1. The molecule has 0 saturated carbocycles. The van der Waals surface area contributed by atoms with Crippen molar-refractivity contribution in [3.8, 4) is 0 Å². The zero-order chi connectivity index (χ0) is 14.4. The molecule has 2 rings (SSSR count). The number of rotatable bonds is 5. The van der Waals surface area contributed by atoms with Crippen LogP contribution >= 0.6 is 0 Å². The highest BCUT2D eigenvalue weighted by Gasteiger charge is 2.09. The summed E-state index contributed by atoms with van der Waals surface area (Å²) in [7, 11) is 0. The summed E-state index contributed by atoms with van der Waals surface area (Å²) < 4.78 is 6.69. The van der Waals surface area contributed by atoms with Gasteiger partial charge in [0.05, 0.1) is 24.5 Å². The van der Waals surface area contributed by atoms with Crippen LogP contribution in [0, 0.1) is 6.92 Å². The molecule has 0 aliphatic carbocycles. The minimum Gasteiger partial charge on any atom is -0.444 e. The van der Waals surface area contributed by atoms with Gasteiger partial charge in [-0.15, -0.1) is 0 Å². The molecule has 2 N–H and O–H groups in total. The number of aryl methyl sites for hydroxylation is 1. The first-order valence-electron chi connectivity index (χ1n) is 6.31. The Balaban J connectivity index is 1.88. The fourth-order valence-electron chi connectivity index (χ4n) is 1.73. The maximum Gasteiger partial charge on any atom is 0.412 e. The predicted molar refractivity (Wildman–Crippen MR) is 74.3 cm³/mol. The van der Waals surface area contributed by atoms with Gasteiger partial charge in [-0.05, 0) is 12.5 Å². The van der Waals surface area contributed by atoms with Crippen LogP contribution in [-0.4, -0.2) is 27.6 Å². The number of hydrogen-bond acceptors (Lipinski definition) is 4. The molecule has 2 aromatic rings. The Morgan fingerprint density at radius 1 is 1.40 bits per heavy atom. The highest BCUT2D eigenvalue weighted by Crippen LogP contribution is 2.13. The van der Waals surface area contributed by atoms with Crippen LogP contribution in [0.1, 0.15) is 11.3 Å². The molecule has 0 aliphatic rings. The molecule has 0 atom stereocenters. The molecule has 0 aliphatic heterocycles. The van der Waals surface area contributed by atoms with Crippen molar-refractivity contribution in [3.05, 3.63) is 47.8 Å². The molecule has 0 spiro atoms. The Morgan fingerprint density at radius 3 is 2.85 bits per heavy atom. The van der Waals surface area contributed by atoms with Crippen molar-refractivity contribution in [1.82, 2.24) is 9.78 Å². The van der Waals surface area contributed by atoms with E-state index in [2.05, 4.69) is 10.4 Å². The first-order chi connectivity index (χ1) is 9.69. The summed E-state index contributed by atoms with van der Waals surface area (Å²) in [6.45, 7) is 2.39. The van der Waals surface area contributed by atoms with Crippen molar-refractivity contribution in [1.29, 1.82) is 0 Å². The smallest absolute Gasteiger partial charge is 0.412 e. The quantitative estimate of drug-likeness (QED) is 0.874. The largest absolute Gasteiger partial charge is 0.444 e. The van der Waals surface area contributed by atoms with E-state index in [1.807, 2.05) is 30.3 Å². The molecule has 6 nitrogen and oxygen atoms in total. The van der Waals surface area contributed by atoms with Crippen LogP contribution in [0.15, 0.2) is 36.5 Å². The molecule has 0 saturated heterocycles. The number of aromatic nitrogens is 2. The van der Waals surface area contributed by atoms with E-state index in [0.29, 0.717) is 17.9 Å². The van der Waals surface area contributed by atoms with E-state index in [1.165, 1.54) is 0 Å². The van der Waals surface area contributed by atoms with Crippen LogP contribution in [0.5, 0.6) is 0 Å². The Labute approximate surface area is 117 Å². The lowest BCUT2D eigenvalue weighted by Crippen LogP contribution is -2.13. The van der Waals surface area contributed by atoms with Gasteiger partial charge < -0.3 is 9.84 Å². The second kappa shape index (κ2) is 6.72. The molecule has 1 heterocycles. The molecule has 1 aromatic heterocycles. The molecular weight excluding hydrogens is 258 g/mol. The lowest BCUT2D eigenvalue weighted by atomic mass is 10.2. The summed E-state index contributed by atoms with van der Waals surface area (Å²) in [5.41, 5.74) is 2.18. The standard InChI is InChI=1S/C14H17N3O3/c1-11-13(9-17(16-11)7-8-18)15-14(19)20-10-12-5-3-2-4-6-12/h2-6,9,18H,7-8,10H2,1H3,(H,15,19). The van der Waals surface area contributed by atoms with Crippen molar-refractivity contribution < 1.29 is 14.6 Å². The number of hydrogen-bond donors (Lipinski definition) is 2. The van der Waals surface area contributed by atoms with E-state index in [4.69, 9.17) is 9.84 Å². The maximum atomic E-state index is 11.7. The van der Waals surface area contributed by atoms with Crippen molar-refractivity contribution in [2.75, 3.05) is 11.9 Å². The van der Waals surface area contributed by atoms with E-state index in [1.54, 1.807) is 17.8 Å². The molecule has 0 radical (unpaired) electrons. The van der Waals surface area contributed by atoms with Crippen LogP contribution in [-0.2, 0) is 17.9 Å². The number of nitrogens with zero attached hydrogens (tertiary/aromatic N) is 2. The molecular formula is C14H17N3O3. The third-order valence-electron chi connectivity index (χ3n) is 2.72. The van der Waals surface area contributed by atoms with E-state index >= 15 is 0 Å². The monoisotopic (exact) mass is 275 g/mol. The molecule has 20 heavy (non-hydrogen) atoms. The van der Waals surface area contributed by atoms with E-state index in [9.17, 15) is 4.79 Å². The van der Waals surface area contributed by atoms with Crippen molar-refractivity contribution in [2.45, 2.75) is 20.1 Å². The fraction of sp³-hybridized carbons (Fsp3) is 0.286. The zero-order valence-corrected chi connectivity index (χ0v) is 11.2. The first-order valence-corrected chi connectivity index (χ1v) is 6.31. The number of amides is 1. The number of nitrogens with one attached hydrogen (secondary N) is 1. The lowest BCUT2D eigenvalue weighted by Gasteiger charge is -2.05. The van der Waals surface area contributed by atoms with Gasteiger partial charge in [-0.2, -0.15) is 5.10 Å². The number of anilines is 1. The first kappa shape index (κ1) is 14.1. The predicted octanol–water partition coefficient (Wildman–Crippen LogP) is 1.93. The highest BCUT2D eigenvalue weighted by molar-refractivity contribution is 5.85. The Kier molecular flexibility index (Phi) is 4.73. The Bertz CT molecular complexity index is 566. The number of aliphatic hydroxyl groups is 1. The van der Waals surface area contributed by atoms with E-state index in [0.717, 1.165) is 5.56 Å². The van der Waals surface area contributed by atoms with Gasteiger partial charge in [-0.3, -0.25) is 10.00 Å². The average molecular weight is 275 g/mol. The van der Waals surface area contributed by atoms with Crippen LogP contribution in [0.2, 0.25) is 0 Å². The molecule has 6 heteroatoms. The molecule has 1 aromatic carbocycles. The number of ether oxygens (including phenoxy) is 1. The lowest BCUT2D eigenvalue weighted by molar-refractivity contribution is 0.155. The third-order valence-corrected chi connectivity index (χ3v) is 2.72. The van der Waals surface area contributed by atoms with Gasteiger partial charge in [0, 0.05) is 6.20 Å². The summed E-state index contributed by atoms with van der Waals surface area (Å²) in [4.78, 5) is 11.7. The van der Waals surface area contributed by atoms with Crippen LogP contribution in [0.25, 0.3) is 0 Å². The van der Waals surface area contributed by atoms with Gasteiger partial charge in [0.2, 0.25) is 0 Å². The SMILES string of the molecule is Cc1nn(CCO)cc1NC(=O)OCc1ccccc1. The van der Waals surface area contributed by atoms with Crippen molar-refractivity contribution >= 4 is 11.8 Å². The third kappa shape index (κ3) is 3.83. The molecule has 1 amide bonds. The van der Waals surface area contributed by atoms with E-state index in [-0.39, 0.29) is 13.2 Å². The summed E-state index contributed by atoms with van der Waals surface area (Å²) in [5.74, 6) is 0. The normalized spacial score (nSPS) is 10.3. The maximum absolute atomic E-state index is 11.7. The molecule has 106 valence electrons. The Hall–Kier alpha value is -2.34. The molecule has 0 bridgehead atoms. The van der Waals surface area contributed by atoms with Gasteiger partial charge in [0.1, 0.15) is 6.61 Å². The average Bonchev–Trinajstić information content (AvgIpc) is 2.78. The summed E-state index contributed by atoms with van der Waals surface area (Å²) in [6.07, 6.45) is 1.13. The van der Waals surface area contributed by atoms with Gasteiger partial charge in [0.25, 0.3) is 0 Å². The van der Waals surface area contributed by atoms with Gasteiger partial charge in [-0.25, -0.2) is 4.79 Å². The number of aliphatic hydroxyl groups excluding tert-OH is 1. The Morgan fingerprint density at radius 2 is 2.15 bits per heavy atom. The second-order valence-corrected chi connectivity index (χ2v) is 4.30. The summed E-state index contributed by atoms with van der Waals surface area (Å²) in [6, 6.07) is 9.46. The summed E-state index contributed by atoms with van der Waals surface area (Å²) >= 11 is 0. The number of carbonyl (C=O) groups is 1. The van der Waals surface area contributed by atoms with Gasteiger partial charge in [0.15, 0.2) is 0 Å². The molecule has 0 fully saturated rings. The highest BCUT2D eigenvalue weighted by atomic mass is 16.5. The van der Waals surface area contributed by atoms with Crippen molar-refractivity contribution in [3.63, 3.8) is 0 Å². The van der Waals surface area contributed by atoms with Gasteiger partial charge >= 0.3 is 6.09 Å². The molecule has 0 unspecified atom stereocenters. The van der Waals surface area contributed by atoms with Crippen molar-refractivity contribution in [2.24, 2.45) is 0 Å².